The number of nitrogens with zero attached hydrogens (tertiary/aromatic N) is 3. The molecule has 2 fully saturated rings. The largest absolute Gasteiger partial charge is 0.381 e. The third-order valence-electron chi connectivity index (χ3n) is 4.48. The van der Waals surface area contributed by atoms with Crippen LogP contribution in [0.3, 0.4) is 0 Å². The van der Waals surface area contributed by atoms with E-state index < -0.39 is 0 Å². The van der Waals surface area contributed by atoms with Gasteiger partial charge in [0.15, 0.2) is 0 Å². The second kappa shape index (κ2) is 7.35. The average molecular weight is 306 g/mol. The summed E-state index contributed by atoms with van der Waals surface area (Å²) in [6, 6.07) is 2.45. The van der Waals surface area contributed by atoms with Gasteiger partial charge in [-0.25, -0.2) is 9.97 Å². The highest BCUT2D eigenvalue weighted by Crippen LogP contribution is 2.22. The zero-order chi connectivity index (χ0) is 15.4. The fourth-order valence-electron chi connectivity index (χ4n) is 3.36. The number of anilines is 1. The summed E-state index contributed by atoms with van der Waals surface area (Å²) in [6.07, 6.45) is 1.14. The molecule has 22 heavy (non-hydrogen) atoms. The second-order valence-corrected chi connectivity index (χ2v) is 6.19. The van der Waals surface area contributed by atoms with Gasteiger partial charge in [0.05, 0.1) is 19.8 Å². The third kappa shape index (κ3) is 3.94. The molecule has 0 amide bonds. The molecule has 3 rings (SSSR count). The first-order valence-electron chi connectivity index (χ1n) is 8.18. The fraction of sp³-hybridized carbons (Fsp3) is 0.750. The predicted molar refractivity (Wildman–Crippen MR) is 85.1 cm³/mol. The summed E-state index contributed by atoms with van der Waals surface area (Å²) < 4.78 is 11.1. The zero-order valence-corrected chi connectivity index (χ0v) is 13.5. The lowest BCUT2D eigenvalue weighted by atomic mass is 9.97. The van der Waals surface area contributed by atoms with Crippen molar-refractivity contribution in [3.63, 3.8) is 0 Å². The van der Waals surface area contributed by atoms with Crippen LogP contribution in [0.1, 0.15) is 17.8 Å². The molecule has 0 spiro atoms. The Morgan fingerprint density at radius 3 is 2.55 bits per heavy atom. The number of aryl methyl sites for hydroxylation is 2. The van der Waals surface area contributed by atoms with Gasteiger partial charge >= 0.3 is 0 Å². The molecule has 1 N–H and O–H groups in total. The van der Waals surface area contributed by atoms with E-state index in [4.69, 9.17) is 9.47 Å². The van der Waals surface area contributed by atoms with Gasteiger partial charge in [-0.3, -0.25) is 4.90 Å². The van der Waals surface area contributed by atoms with Crippen molar-refractivity contribution < 1.29 is 9.47 Å². The number of hydrogen-bond acceptors (Lipinski definition) is 6. The van der Waals surface area contributed by atoms with Gasteiger partial charge in [-0.1, -0.05) is 0 Å². The van der Waals surface area contributed by atoms with Gasteiger partial charge in [0.1, 0.15) is 0 Å². The van der Waals surface area contributed by atoms with E-state index in [1.54, 1.807) is 0 Å². The van der Waals surface area contributed by atoms with Crippen molar-refractivity contribution in [3.8, 4) is 0 Å². The van der Waals surface area contributed by atoms with Crippen molar-refractivity contribution in [2.75, 3.05) is 51.4 Å². The Morgan fingerprint density at radius 1 is 1.18 bits per heavy atom. The predicted octanol–water partition coefficient (Wildman–Crippen LogP) is 1.24. The molecule has 2 unspecified atom stereocenters. The number of rotatable bonds is 5. The minimum Gasteiger partial charge on any atom is -0.381 e. The van der Waals surface area contributed by atoms with E-state index in [-0.39, 0.29) is 0 Å². The molecule has 0 aliphatic carbocycles. The van der Waals surface area contributed by atoms with E-state index >= 15 is 0 Å². The Hall–Kier alpha value is -1.24. The van der Waals surface area contributed by atoms with E-state index in [0.717, 1.165) is 69.8 Å². The van der Waals surface area contributed by atoms with E-state index in [1.165, 1.54) is 0 Å². The molecule has 0 radical (unpaired) electrons. The Bertz CT molecular complexity index is 465. The van der Waals surface area contributed by atoms with Gasteiger partial charge in [0.25, 0.3) is 0 Å². The van der Waals surface area contributed by atoms with Crippen LogP contribution >= 0.6 is 0 Å². The average Bonchev–Trinajstić information content (AvgIpc) is 3.02. The Kier molecular flexibility index (Phi) is 5.23. The van der Waals surface area contributed by atoms with Gasteiger partial charge in [0, 0.05) is 49.6 Å². The standard InChI is InChI=1S/C16H26N4O2/c1-12-9-13(2)19-16(18-12)17-10-15(14-3-6-22-11-14)20-4-7-21-8-5-20/h9,14-15H,3-8,10-11H2,1-2H3,(H,17,18,19). The molecule has 2 atom stereocenters. The first-order valence-corrected chi connectivity index (χ1v) is 8.18. The SMILES string of the molecule is Cc1cc(C)nc(NCC(C2CCOC2)N2CCOCC2)n1. The van der Waals surface area contributed by atoms with Gasteiger partial charge in [-0.05, 0) is 26.3 Å². The van der Waals surface area contributed by atoms with Crippen LogP contribution < -0.4 is 5.32 Å². The fourth-order valence-corrected chi connectivity index (χ4v) is 3.36. The van der Waals surface area contributed by atoms with Crippen molar-refractivity contribution in [2.45, 2.75) is 26.3 Å². The second-order valence-electron chi connectivity index (χ2n) is 6.19. The zero-order valence-electron chi connectivity index (χ0n) is 13.5. The molecule has 1 aromatic heterocycles. The van der Waals surface area contributed by atoms with E-state index in [2.05, 4.69) is 20.2 Å². The normalized spacial score (nSPS) is 24.4. The molecule has 3 heterocycles. The number of nitrogens with one attached hydrogen (secondary N) is 1. The molecule has 2 saturated heterocycles. The number of ether oxygens (including phenoxy) is 2. The van der Waals surface area contributed by atoms with Crippen LogP contribution in [0.15, 0.2) is 6.07 Å². The Balaban J connectivity index is 1.66. The summed E-state index contributed by atoms with van der Waals surface area (Å²) in [6.45, 7) is 10.2. The maximum absolute atomic E-state index is 5.60. The van der Waals surface area contributed by atoms with Crippen LogP contribution in [0, 0.1) is 19.8 Å². The van der Waals surface area contributed by atoms with Crippen molar-refractivity contribution in [3.05, 3.63) is 17.5 Å². The van der Waals surface area contributed by atoms with E-state index in [9.17, 15) is 0 Å². The smallest absolute Gasteiger partial charge is 0.223 e. The minimum absolute atomic E-state index is 0.454. The lowest BCUT2D eigenvalue weighted by Gasteiger charge is -2.37. The van der Waals surface area contributed by atoms with Crippen LogP contribution in [0.4, 0.5) is 5.95 Å². The molecule has 0 aromatic carbocycles. The van der Waals surface area contributed by atoms with Gasteiger partial charge in [-0.15, -0.1) is 0 Å². The summed E-state index contributed by atoms with van der Waals surface area (Å²) >= 11 is 0. The van der Waals surface area contributed by atoms with Crippen molar-refractivity contribution >= 4 is 5.95 Å². The topological polar surface area (TPSA) is 59.5 Å². The monoisotopic (exact) mass is 306 g/mol. The quantitative estimate of drug-likeness (QED) is 0.883. The molecular formula is C16H26N4O2. The highest BCUT2D eigenvalue weighted by Gasteiger charge is 2.31. The Morgan fingerprint density at radius 2 is 1.91 bits per heavy atom. The first-order chi connectivity index (χ1) is 10.7. The molecule has 6 heteroatoms. The lowest BCUT2D eigenvalue weighted by molar-refractivity contribution is 0.00458. The van der Waals surface area contributed by atoms with E-state index in [1.807, 2.05) is 19.9 Å². The minimum atomic E-state index is 0.454. The molecule has 6 nitrogen and oxygen atoms in total. The molecule has 122 valence electrons. The van der Waals surface area contributed by atoms with Gasteiger partial charge in [-0.2, -0.15) is 0 Å². The van der Waals surface area contributed by atoms with Crippen molar-refractivity contribution in [1.29, 1.82) is 0 Å². The van der Waals surface area contributed by atoms with Gasteiger partial charge in [0.2, 0.25) is 5.95 Å². The summed E-state index contributed by atoms with van der Waals surface area (Å²) in [4.78, 5) is 11.5. The van der Waals surface area contributed by atoms with Crippen LogP contribution in [0.25, 0.3) is 0 Å². The highest BCUT2D eigenvalue weighted by molar-refractivity contribution is 5.28. The number of hydrogen-bond donors (Lipinski definition) is 1. The van der Waals surface area contributed by atoms with Crippen LogP contribution in [0.5, 0.6) is 0 Å². The summed E-state index contributed by atoms with van der Waals surface area (Å²) in [5.74, 6) is 1.31. The van der Waals surface area contributed by atoms with Gasteiger partial charge < -0.3 is 14.8 Å². The Labute approximate surface area is 132 Å². The maximum Gasteiger partial charge on any atom is 0.223 e. The summed E-state index contributed by atoms with van der Waals surface area (Å²) in [7, 11) is 0. The van der Waals surface area contributed by atoms with Crippen molar-refractivity contribution in [1.82, 2.24) is 14.9 Å². The lowest BCUT2D eigenvalue weighted by Crippen LogP contribution is -2.50. The first kappa shape index (κ1) is 15.6. The number of morpholine rings is 1. The molecule has 2 aliphatic heterocycles. The highest BCUT2D eigenvalue weighted by atomic mass is 16.5. The van der Waals surface area contributed by atoms with Crippen molar-refractivity contribution in [2.24, 2.45) is 5.92 Å². The molecule has 2 aliphatic rings. The van der Waals surface area contributed by atoms with Crippen LogP contribution in [-0.2, 0) is 9.47 Å². The molecule has 0 bridgehead atoms. The summed E-state index contributed by atoms with van der Waals surface area (Å²) in [5.41, 5.74) is 2.00. The van der Waals surface area contributed by atoms with Crippen LogP contribution in [-0.4, -0.2) is 67.0 Å². The van der Waals surface area contributed by atoms with Crippen LogP contribution in [0.2, 0.25) is 0 Å². The number of aromatic nitrogens is 2. The molecular weight excluding hydrogens is 280 g/mol. The summed E-state index contributed by atoms with van der Waals surface area (Å²) in [5, 5.41) is 3.44. The maximum atomic E-state index is 5.60. The third-order valence-corrected chi connectivity index (χ3v) is 4.48. The molecule has 0 saturated carbocycles. The van der Waals surface area contributed by atoms with E-state index in [0.29, 0.717) is 12.0 Å². The molecule has 1 aromatic rings.